The molecule has 1 saturated heterocycles. The van der Waals surface area contributed by atoms with Gasteiger partial charge in [0.25, 0.3) is 0 Å². The van der Waals surface area contributed by atoms with E-state index in [-0.39, 0.29) is 17.9 Å². The van der Waals surface area contributed by atoms with Gasteiger partial charge in [0, 0.05) is 25.7 Å². The average Bonchev–Trinajstić information content (AvgIpc) is 2.54. The van der Waals surface area contributed by atoms with Crippen LogP contribution in [0.4, 0.5) is 0 Å². The smallest absolute Gasteiger partial charge is 0.227 e. The summed E-state index contributed by atoms with van der Waals surface area (Å²) in [6.45, 7) is 5.80. The summed E-state index contributed by atoms with van der Waals surface area (Å²) in [5.74, 6) is 0.353. The number of carbonyl (C=O) groups is 1. The molecule has 2 aliphatic rings. The number of nitrogens with one attached hydrogen (secondary N) is 1. The van der Waals surface area contributed by atoms with Gasteiger partial charge >= 0.3 is 0 Å². The number of carbonyl (C=O) groups excluding carboxylic acids is 1. The molecule has 0 aliphatic carbocycles. The monoisotopic (exact) mass is 224 g/mol. The first kappa shape index (κ1) is 11.6. The zero-order chi connectivity index (χ0) is 11.4. The molecule has 0 aromatic carbocycles. The van der Waals surface area contributed by atoms with E-state index in [0.717, 1.165) is 26.1 Å². The Morgan fingerprint density at radius 3 is 2.88 bits per heavy atom. The van der Waals surface area contributed by atoms with Gasteiger partial charge in [-0.05, 0) is 13.3 Å². The second kappa shape index (κ2) is 5.46. The van der Waals surface area contributed by atoms with Crippen LogP contribution in [0.25, 0.3) is 0 Å². The second-order valence-corrected chi connectivity index (χ2v) is 4.45. The van der Waals surface area contributed by atoms with Crippen LogP contribution in [0.15, 0.2) is 12.2 Å². The Hall–Kier alpha value is -0.870. The summed E-state index contributed by atoms with van der Waals surface area (Å²) < 4.78 is 5.27. The highest BCUT2D eigenvalue weighted by molar-refractivity contribution is 5.80. The minimum Gasteiger partial charge on any atom is -0.378 e. The van der Waals surface area contributed by atoms with Gasteiger partial charge in [-0.2, -0.15) is 0 Å². The van der Waals surface area contributed by atoms with Gasteiger partial charge in [-0.3, -0.25) is 4.79 Å². The van der Waals surface area contributed by atoms with E-state index in [1.54, 1.807) is 0 Å². The fourth-order valence-corrected chi connectivity index (χ4v) is 2.26. The lowest BCUT2D eigenvalue weighted by Gasteiger charge is -2.32. The quantitative estimate of drug-likeness (QED) is 0.656. The van der Waals surface area contributed by atoms with Crippen LogP contribution in [0.5, 0.6) is 0 Å². The maximum atomic E-state index is 12.3. The third kappa shape index (κ3) is 2.62. The van der Waals surface area contributed by atoms with E-state index >= 15 is 0 Å². The highest BCUT2D eigenvalue weighted by Gasteiger charge is 2.29. The maximum Gasteiger partial charge on any atom is 0.227 e. The van der Waals surface area contributed by atoms with Crippen LogP contribution in [0.1, 0.15) is 13.3 Å². The number of hydrogen-bond acceptors (Lipinski definition) is 3. The van der Waals surface area contributed by atoms with Crippen molar-refractivity contribution in [2.45, 2.75) is 19.4 Å². The minimum absolute atomic E-state index is 0.0804. The number of ether oxygens (including phenoxy) is 1. The lowest BCUT2D eigenvalue weighted by atomic mass is 9.96. The number of amides is 1. The van der Waals surface area contributed by atoms with Crippen LogP contribution in [0.3, 0.4) is 0 Å². The number of morpholine rings is 1. The molecule has 0 saturated carbocycles. The van der Waals surface area contributed by atoms with Crippen LogP contribution in [-0.4, -0.2) is 49.7 Å². The van der Waals surface area contributed by atoms with E-state index in [2.05, 4.69) is 24.4 Å². The van der Waals surface area contributed by atoms with Crippen LogP contribution in [0, 0.1) is 5.92 Å². The van der Waals surface area contributed by atoms with Gasteiger partial charge in [-0.15, -0.1) is 0 Å². The maximum absolute atomic E-state index is 12.3. The molecular weight excluding hydrogens is 204 g/mol. The van der Waals surface area contributed by atoms with Crippen molar-refractivity contribution >= 4 is 5.91 Å². The summed E-state index contributed by atoms with van der Waals surface area (Å²) in [5, 5.41) is 3.35. The van der Waals surface area contributed by atoms with E-state index in [4.69, 9.17) is 4.74 Å². The van der Waals surface area contributed by atoms with E-state index in [1.165, 1.54) is 0 Å². The summed E-state index contributed by atoms with van der Waals surface area (Å²) in [5.41, 5.74) is 0. The van der Waals surface area contributed by atoms with Gasteiger partial charge in [0.05, 0.1) is 19.1 Å². The van der Waals surface area contributed by atoms with Crippen LogP contribution in [-0.2, 0) is 9.53 Å². The first-order valence-electron chi connectivity index (χ1n) is 6.04. The van der Waals surface area contributed by atoms with Crippen molar-refractivity contribution in [3.8, 4) is 0 Å². The molecule has 1 N–H and O–H groups in total. The Bertz CT molecular complexity index is 272. The third-order valence-corrected chi connectivity index (χ3v) is 3.36. The zero-order valence-corrected chi connectivity index (χ0v) is 9.82. The fourth-order valence-electron chi connectivity index (χ4n) is 2.26. The average molecular weight is 224 g/mol. The standard InChI is InChI=1S/C12H20N2O2/c1-10-11(4-2-3-5-13-10)12(15)14-6-8-16-9-7-14/h2-3,10-11,13H,4-9H2,1H3/t10-,11-/m0/s1. The Morgan fingerprint density at radius 2 is 2.12 bits per heavy atom. The molecule has 4 heteroatoms. The molecule has 0 aromatic heterocycles. The van der Waals surface area contributed by atoms with Gasteiger partial charge in [0.1, 0.15) is 0 Å². The van der Waals surface area contributed by atoms with Crippen molar-refractivity contribution in [3.63, 3.8) is 0 Å². The highest BCUT2D eigenvalue weighted by atomic mass is 16.5. The fraction of sp³-hybridized carbons (Fsp3) is 0.750. The molecule has 4 nitrogen and oxygen atoms in total. The number of allylic oxidation sites excluding steroid dienone is 1. The molecule has 0 radical (unpaired) electrons. The molecule has 2 aliphatic heterocycles. The van der Waals surface area contributed by atoms with Crippen molar-refractivity contribution in [1.29, 1.82) is 0 Å². The van der Waals surface area contributed by atoms with Gasteiger partial charge in [0.15, 0.2) is 0 Å². The largest absolute Gasteiger partial charge is 0.378 e. The molecule has 0 bridgehead atoms. The normalized spacial score (nSPS) is 31.2. The molecule has 90 valence electrons. The Balaban J connectivity index is 1.98. The summed E-state index contributed by atoms with van der Waals surface area (Å²) in [6.07, 6.45) is 5.06. The van der Waals surface area contributed by atoms with E-state index in [0.29, 0.717) is 13.2 Å². The van der Waals surface area contributed by atoms with Crippen LogP contribution in [0.2, 0.25) is 0 Å². The topological polar surface area (TPSA) is 41.6 Å². The lowest BCUT2D eigenvalue weighted by Crippen LogP contribution is -2.48. The SMILES string of the molecule is C[C@@H]1NCC=CC[C@@H]1C(=O)N1CCOCC1. The Morgan fingerprint density at radius 1 is 1.38 bits per heavy atom. The molecule has 16 heavy (non-hydrogen) atoms. The number of nitrogens with zero attached hydrogens (tertiary/aromatic N) is 1. The van der Waals surface area contributed by atoms with Gasteiger partial charge in [-0.25, -0.2) is 0 Å². The predicted molar refractivity (Wildman–Crippen MR) is 62.1 cm³/mol. The van der Waals surface area contributed by atoms with Gasteiger partial charge in [-0.1, -0.05) is 12.2 Å². The zero-order valence-electron chi connectivity index (χ0n) is 9.82. The molecule has 0 spiro atoms. The summed E-state index contributed by atoms with van der Waals surface area (Å²) in [4.78, 5) is 14.2. The van der Waals surface area contributed by atoms with Gasteiger partial charge in [0.2, 0.25) is 5.91 Å². The molecule has 1 fully saturated rings. The molecule has 0 unspecified atom stereocenters. The number of rotatable bonds is 1. The first-order chi connectivity index (χ1) is 7.79. The van der Waals surface area contributed by atoms with Crippen molar-refractivity contribution in [1.82, 2.24) is 10.2 Å². The van der Waals surface area contributed by atoms with Crippen molar-refractivity contribution in [2.75, 3.05) is 32.8 Å². The van der Waals surface area contributed by atoms with Crippen LogP contribution >= 0.6 is 0 Å². The van der Waals surface area contributed by atoms with Gasteiger partial charge < -0.3 is 15.0 Å². The summed E-state index contributed by atoms with van der Waals surface area (Å²) in [7, 11) is 0. The highest BCUT2D eigenvalue weighted by Crippen LogP contribution is 2.16. The Labute approximate surface area is 96.6 Å². The van der Waals surface area contributed by atoms with Crippen molar-refractivity contribution in [2.24, 2.45) is 5.92 Å². The molecule has 0 aromatic rings. The minimum atomic E-state index is 0.0804. The van der Waals surface area contributed by atoms with E-state index < -0.39 is 0 Å². The lowest BCUT2D eigenvalue weighted by molar-refractivity contribution is -0.140. The molecular formula is C12H20N2O2. The molecule has 2 atom stereocenters. The molecule has 2 rings (SSSR count). The summed E-state index contributed by atoms with van der Waals surface area (Å²) >= 11 is 0. The van der Waals surface area contributed by atoms with E-state index in [9.17, 15) is 4.79 Å². The first-order valence-corrected chi connectivity index (χ1v) is 6.04. The number of hydrogen-bond donors (Lipinski definition) is 1. The Kier molecular flexibility index (Phi) is 3.96. The van der Waals surface area contributed by atoms with Crippen molar-refractivity contribution < 1.29 is 9.53 Å². The van der Waals surface area contributed by atoms with Crippen LogP contribution < -0.4 is 5.32 Å². The summed E-state index contributed by atoms with van der Waals surface area (Å²) in [6, 6.07) is 0.255. The molecule has 2 heterocycles. The predicted octanol–water partition coefficient (Wildman–Crippen LogP) is 0.399. The molecule has 1 amide bonds. The third-order valence-electron chi connectivity index (χ3n) is 3.36. The second-order valence-electron chi connectivity index (χ2n) is 4.45. The van der Waals surface area contributed by atoms with Crippen molar-refractivity contribution in [3.05, 3.63) is 12.2 Å². The van der Waals surface area contributed by atoms with E-state index in [1.807, 2.05) is 4.90 Å².